The third kappa shape index (κ3) is 4.19. The Balaban J connectivity index is 2.09. The number of anilines is 1. The molecule has 28 heavy (non-hydrogen) atoms. The summed E-state index contributed by atoms with van der Waals surface area (Å²) in [6, 6.07) is 16.3. The van der Waals surface area contributed by atoms with Crippen molar-refractivity contribution in [3.05, 3.63) is 85.8 Å². The van der Waals surface area contributed by atoms with Crippen LogP contribution in [0, 0.1) is 17.0 Å². The molecule has 144 valence electrons. The molecule has 6 nitrogen and oxygen atoms in total. The van der Waals surface area contributed by atoms with E-state index in [-0.39, 0.29) is 10.6 Å². The number of sulfonamides is 1. The van der Waals surface area contributed by atoms with Crippen LogP contribution in [0.1, 0.15) is 5.56 Å². The van der Waals surface area contributed by atoms with Gasteiger partial charge in [-0.1, -0.05) is 57.9 Å². The van der Waals surface area contributed by atoms with Crippen LogP contribution in [0.5, 0.6) is 0 Å². The molecule has 0 aliphatic heterocycles. The summed E-state index contributed by atoms with van der Waals surface area (Å²) in [6.07, 6.45) is 0. The van der Waals surface area contributed by atoms with E-state index in [1.54, 1.807) is 25.1 Å². The summed E-state index contributed by atoms with van der Waals surface area (Å²) in [5.41, 5.74) is 1.75. The van der Waals surface area contributed by atoms with Crippen LogP contribution in [0.2, 0.25) is 5.02 Å². The Hall–Kier alpha value is -2.42. The van der Waals surface area contributed by atoms with Crippen molar-refractivity contribution >= 4 is 48.9 Å². The highest BCUT2D eigenvalue weighted by Gasteiger charge is 2.23. The van der Waals surface area contributed by atoms with Gasteiger partial charge in [0.1, 0.15) is 0 Å². The first-order valence-electron chi connectivity index (χ1n) is 8.01. The topological polar surface area (TPSA) is 89.3 Å². The molecule has 3 aromatic carbocycles. The smallest absolute Gasteiger partial charge is 0.274 e. The van der Waals surface area contributed by atoms with Crippen molar-refractivity contribution in [3.8, 4) is 11.1 Å². The number of benzene rings is 3. The third-order valence-electron chi connectivity index (χ3n) is 4.11. The molecule has 9 heteroatoms. The Morgan fingerprint density at radius 1 is 1.07 bits per heavy atom. The summed E-state index contributed by atoms with van der Waals surface area (Å²) >= 11 is 9.28. The molecule has 0 aromatic heterocycles. The number of nitrogens with one attached hydrogen (secondary N) is 1. The van der Waals surface area contributed by atoms with Crippen molar-refractivity contribution in [2.24, 2.45) is 0 Å². The van der Waals surface area contributed by atoms with E-state index in [1.807, 2.05) is 30.3 Å². The minimum absolute atomic E-state index is 0.217. The van der Waals surface area contributed by atoms with Crippen molar-refractivity contribution in [3.63, 3.8) is 0 Å². The van der Waals surface area contributed by atoms with Gasteiger partial charge in [0, 0.05) is 26.7 Å². The second-order valence-electron chi connectivity index (χ2n) is 5.97. The van der Waals surface area contributed by atoms with Crippen LogP contribution in [-0.4, -0.2) is 13.3 Å². The average Bonchev–Trinajstić information content (AvgIpc) is 2.65. The first-order chi connectivity index (χ1) is 13.2. The van der Waals surface area contributed by atoms with Gasteiger partial charge in [0.2, 0.25) is 0 Å². The molecule has 3 aromatic rings. The second kappa shape index (κ2) is 7.90. The zero-order valence-corrected chi connectivity index (χ0v) is 17.7. The van der Waals surface area contributed by atoms with E-state index in [4.69, 9.17) is 11.6 Å². The summed E-state index contributed by atoms with van der Waals surface area (Å²) in [7, 11) is -4.08. The van der Waals surface area contributed by atoms with Gasteiger partial charge in [-0.15, -0.1) is 0 Å². The maximum absolute atomic E-state index is 12.9. The fourth-order valence-corrected chi connectivity index (χ4v) is 4.55. The van der Waals surface area contributed by atoms with Crippen LogP contribution in [0.25, 0.3) is 11.1 Å². The van der Waals surface area contributed by atoms with Crippen molar-refractivity contribution in [1.29, 1.82) is 0 Å². The van der Waals surface area contributed by atoms with Gasteiger partial charge < -0.3 is 0 Å². The van der Waals surface area contributed by atoms with Gasteiger partial charge in [0.25, 0.3) is 15.7 Å². The number of hydrogen-bond donors (Lipinski definition) is 1. The van der Waals surface area contributed by atoms with Crippen molar-refractivity contribution in [2.75, 3.05) is 4.72 Å². The quantitative estimate of drug-likeness (QED) is 0.369. The van der Waals surface area contributed by atoms with Crippen molar-refractivity contribution in [2.45, 2.75) is 11.8 Å². The highest BCUT2D eigenvalue weighted by molar-refractivity contribution is 9.10. The second-order valence-corrected chi connectivity index (χ2v) is 8.94. The molecule has 0 aliphatic carbocycles. The number of hydrogen-bond acceptors (Lipinski definition) is 4. The number of rotatable bonds is 5. The Morgan fingerprint density at radius 3 is 2.39 bits per heavy atom. The van der Waals surface area contributed by atoms with E-state index in [9.17, 15) is 18.5 Å². The Bertz CT molecular complexity index is 1170. The molecule has 0 fully saturated rings. The molecular formula is C19H14BrClN2O4S. The van der Waals surface area contributed by atoms with Crippen LogP contribution < -0.4 is 4.72 Å². The lowest BCUT2D eigenvalue weighted by Gasteiger charge is -2.14. The SMILES string of the molecule is Cc1c(Br)cc(S(=O)(=O)Nc2ccc(Cl)cc2-c2ccccc2)cc1[N+](=O)[O-]. The molecule has 3 rings (SSSR count). The monoisotopic (exact) mass is 480 g/mol. The first kappa shape index (κ1) is 20.3. The fraction of sp³-hybridized carbons (Fsp3) is 0.0526. The largest absolute Gasteiger partial charge is 0.279 e. The van der Waals surface area contributed by atoms with Crippen LogP contribution in [-0.2, 0) is 10.0 Å². The Labute approximate surface area is 175 Å². The maximum atomic E-state index is 12.9. The van der Waals surface area contributed by atoms with Gasteiger partial charge >= 0.3 is 0 Å². The van der Waals surface area contributed by atoms with E-state index >= 15 is 0 Å². The summed E-state index contributed by atoms with van der Waals surface area (Å²) in [4.78, 5) is 10.4. The summed E-state index contributed by atoms with van der Waals surface area (Å²) in [5, 5.41) is 11.7. The number of nitro benzene ring substituents is 1. The van der Waals surface area contributed by atoms with E-state index in [2.05, 4.69) is 20.7 Å². The number of nitro groups is 1. The maximum Gasteiger partial charge on any atom is 0.274 e. The normalized spacial score (nSPS) is 11.2. The van der Waals surface area contributed by atoms with Crippen molar-refractivity contribution in [1.82, 2.24) is 0 Å². The molecule has 0 saturated carbocycles. The molecule has 0 bridgehead atoms. The summed E-state index contributed by atoms with van der Waals surface area (Å²) in [6.45, 7) is 1.54. The lowest BCUT2D eigenvalue weighted by molar-refractivity contribution is -0.385. The molecule has 0 amide bonds. The summed E-state index contributed by atoms with van der Waals surface area (Å²) in [5.74, 6) is 0. The molecular weight excluding hydrogens is 468 g/mol. The lowest BCUT2D eigenvalue weighted by atomic mass is 10.0. The molecule has 1 N–H and O–H groups in total. The van der Waals surface area contributed by atoms with Crippen LogP contribution in [0.3, 0.4) is 0 Å². The average molecular weight is 482 g/mol. The highest BCUT2D eigenvalue weighted by Crippen LogP contribution is 2.34. The molecule has 0 atom stereocenters. The molecule has 0 heterocycles. The van der Waals surface area contributed by atoms with Crippen LogP contribution >= 0.6 is 27.5 Å². The Morgan fingerprint density at radius 2 is 1.75 bits per heavy atom. The highest BCUT2D eigenvalue weighted by atomic mass is 79.9. The van der Waals surface area contributed by atoms with E-state index < -0.39 is 14.9 Å². The molecule has 0 unspecified atom stereocenters. The molecule has 0 aliphatic rings. The van der Waals surface area contributed by atoms with Gasteiger partial charge in [-0.2, -0.15) is 0 Å². The number of halogens is 2. The fourth-order valence-electron chi connectivity index (χ4n) is 2.65. The van der Waals surface area contributed by atoms with E-state index in [0.717, 1.165) is 11.6 Å². The van der Waals surface area contributed by atoms with Gasteiger partial charge in [0.15, 0.2) is 0 Å². The zero-order valence-electron chi connectivity index (χ0n) is 14.5. The van der Waals surface area contributed by atoms with E-state index in [1.165, 1.54) is 6.07 Å². The zero-order chi connectivity index (χ0) is 20.5. The standard InChI is InChI=1S/C19H14BrClN2O4S/c1-12-17(20)10-15(11-19(12)23(24)25)28(26,27)22-18-8-7-14(21)9-16(18)13-5-3-2-4-6-13/h2-11,22H,1H3. The van der Waals surface area contributed by atoms with Crippen molar-refractivity contribution < 1.29 is 13.3 Å². The van der Waals surface area contributed by atoms with E-state index in [0.29, 0.717) is 26.3 Å². The summed E-state index contributed by atoms with van der Waals surface area (Å²) < 4.78 is 28.7. The minimum atomic E-state index is -4.08. The first-order valence-corrected chi connectivity index (χ1v) is 10.7. The third-order valence-corrected chi connectivity index (χ3v) is 6.51. The number of nitrogens with zero attached hydrogens (tertiary/aromatic N) is 1. The van der Waals surface area contributed by atoms with Gasteiger partial charge in [-0.05, 0) is 36.8 Å². The predicted molar refractivity (Wildman–Crippen MR) is 113 cm³/mol. The Kier molecular flexibility index (Phi) is 5.74. The van der Waals surface area contributed by atoms with Gasteiger partial charge in [-0.3, -0.25) is 14.8 Å². The van der Waals surface area contributed by atoms with Crippen LogP contribution in [0.4, 0.5) is 11.4 Å². The molecule has 0 spiro atoms. The molecule has 0 saturated heterocycles. The molecule has 0 radical (unpaired) electrons. The van der Waals surface area contributed by atoms with Crippen LogP contribution in [0.15, 0.2) is 70.0 Å². The lowest BCUT2D eigenvalue weighted by Crippen LogP contribution is -2.14. The van der Waals surface area contributed by atoms with Gasteiger partial charge in [0.05, 0.1) is 15.5 Å². The van der Waals surface area contributed by atoms with Gasteiger partial charge in [-0.25, -0.2) is 8.42 Å². The predicted octanol–water partition coefficient (Wildman–Crippen LogP) is 5.79. The minimum Gasteiger partial charge on any atom is -0.279 e.